The van der Waals surface area contributed by atoms with Crippen molar-refractivity contribution in [3.05, 3.63) is 30.1 Å². The molecule has 156 valence electrons. The Kier molecular flexibility index (Phi) is 16.6. The number of hydrogen-bond acceptors (Lipinski definition) is 0. The van der Waals surface area contributed by atoms with Crippen LogP contribution in [0.3, 0.4) is 0 Å². The Bertz CT molecular complexity index is 426. The molecule has 1 nitrogen and oxygen atoms in total. The van der Waals surface area contributed by atoms with Crippen molar-refractivity contribution in [2.24, 2.45) is 0 Å². The van der Waals surface area contributed by atoms with Crippen molar-refractivity contribution in [1.29, 1.82) is 0 Å². The largest absolute Gasteiger partial charge is 0.205 e. The summed E-state index contributed by atoms with van der Waals surface area (Å²) in [6, 6.07) is 4.46. The summed E-state index contributed by atoms with van der Waals surface area (Å²) < 4.78 is 2.28. The molecule has 1 rings (SSSR count). The smallest absolute Gasteiger partial charge is 0.171 e. The highest BCUT2D eigenvalue weighted by Crippen LogP contribution is 2.14. The van der Waals surface area contributed by atoms with Gasteiger partial charge in [-0.15, -0.1) is 0 Å². The van der Waals surface area contributed by atoms with Crippen LogP contribution < -0.4 is 4.57 Å². The van der Waals surface area contributed by atoms with Gasteiger partial charge in [0.15, 0.2) is 12.4 Å². The molecule has 1 aromatic rings. The fraction of sp³-hybridized carbons (Fsp3) is 0.808. The maximum absolute atomic E-state index is 2.31. The molecule has 1 heteroatoms. The van der Waals surface area contributed by atoms with E-state index in [0.29, 0.717) is 0 Å². The highest BCUT2D eigenvalue weighted by molar-refractivity contribution is 5.05. The predicted molar refractivity (Wildman–Crippen MR) is 120 cm³/mol. The van der Waals surface area contributed by atoms with E-state index < -0.39 is 0 Å². The van der Waals surface area contributed by atoms with Crippen molar-refractivity contribution < 1.29 is 4.57 Å². The van der Waals surface area contributed by atoms with E-state index in [0.717, 1.165) is 6.54 Å². The van der Waals surface area contributed by atoms with Gasteiger partial charge in [0.2, 0.25) is 0 Å². The molecule has 1 heterocycles. The average Bonchev–Trinajstić information content (AvgIpc) is 2.70. The Morgan fingerprint density at radius 2 is 1.04 bits per heavy atom. The van der Waals surface area contributed by atoms with Gasteiger partial charge in [0.05, 0.1) is 0 Å². The summed E-state index contributed by atoms with van der Waals surface area (Å²) in [7, 11) is 0. The number of nitrogens with zero attached hydrogens (tertiary/aromatic N) is 1. The van der Waals surface area contributed by atoms with Crippen LogP contribution in [0, 0.1) is 0 Å². The van der Waals surface area contributed by atoms with Crippen molar-refractivity contribution >= 4 is 0 Å². The molecule has 0 aliphatic carbocycles. The van der Waals surface area contributed by atoms with E-state index >= 15 is 0 Å². The zero-order valence-corrected chi connectivity index (χ0v) is 18.7. The predicted octanol–water partition coefficient (Wildman–Crippen LogP) is 8.19. The molecular formula is C26H48N+. The van der Waals surface area contributed by atoms with Crippen LogP contribution in [0.25, 0.3) is 0 Å². The second kappa shape index (κ2) is 18.5. The number of rotatable bonds is 19. The summed E-state index contributed by atoms with van der Waals surface area (Å²) >= 11 is 0. The zero-order valence-electron chi connectivity index (χ0n) is 18.7. The molecule has 27 heavy (non-hydrogen) atoms. The van der Waals surface area contributed by atoms with Gasteiger partial charge >= 0.3 is 0 Å². The van der Waals surface area contributed by atoms with Gasteiger partial charge in [-0.05, 0) is 25.8 Å². The van der Waals surface area contributed by atoms with E-state index in [9.17, 15) is 0 Å². The lowest BCUT2D eigenvalue weighted by Crippen LogP contribution is -2.31. The summed E-state index contributed by atoms with van der Waals surface area (Å²) in [4.78, 5) is 0. The standard InChI is InChI=1S/C26H48N/c1-3-5-6-7-8-9-10-11-12-13-14-15-16-17-18-19-20-22-26-23-21-24-27(4-2)25-26/h21,23-25H,3-20,22H2,1-2H3/q+1. The van der Waals surface area contributed by atoms with E-state index in [1.807, 2.05) is 0 Å². The van der Waals surface area contributed by atoms with Crippen LogP contribution in [0.2, 0.25) is 0 Å². The molecule has 0 spiro atoms. The van der Waals surface area contributed by atoms with Gasteiger partial charge in [-0.1, -0.05) is 110 Å². The number of pyridine rings is 1. The molecule has 0 aromatic carbocycles. The number of hydrogen-bond donors (Lipinski definition) is 0. The number of aromatic nitrogens is 1. The quantitative estimate of drug-likeness (QED) is 0.170. The van der Waals surface area contributed by atoms with Crippen LogP contribution in [0.1, 0.15) is 129 Å². The normalized spacial score (nSPS) is 11.2. The first-order valence-corrected chi connectivity index (χ1v) is 12.3. The Hall–Kier alpha value is -0.850. The molecule has 1 aromatic heterocycles. The summed E-state index contributed by atoms with van der Waals surface area (Å²) in [5, 5.41) is 0. The molecular weight excluding hydrogens is 326 g/mol. The van der Waals surface area contributed by atoms with Gasteiger partial charge in [-0.3, -0.25) is 0 Å². The monoisotopic (exact) mass is 374 g/mol. The van der Waals surface area contributed by atoms with Crippen LogP contribution in [0.4, 0.5) is 0 Å². The summed E-state index contributed by atoms with van der Waals surface area (Å²) in [5.74, 6) is 0. The lowest BCUT2D eigenvalue weighted by atomic mass is 10.0. The Morgan fingerprint density at radius 3 is 1.48 bits per heavy atom. The van der Waals surface area contributed by atoms with Crippen LogP contribution >= 0.6 is 0 Å². The molecule has 0 aliphatic heterocycles. The van der Waals surface area contributed by atoms with E-state index in [2.05, 4.69) is 42.9 Å². The summed E-state index contributed by atoms with van der Waals surface area (Å²) in [6.07, 6.45) is 30.3. The SMILES string of the molecule is CCCCCCCCCCCCCCCCCCCc1ccc[n+](CC)c1. The van der Waals surface area contributed by atoms with Crippen LogP contribution in [0.5, 0.6) is 0 Å². The lowest BCUT2D eigenvalue weighted by molar-refractivity contribution is -0.694. The Morgan fingerprint density at radius 1 is 0.593 bits per heavy atom. The van der Waals surface area contributed by atoms with Gasteiger partial charge in [0.1, 0.15) is 6.54 Å². The first kappa shape index (κ1) is 24.2. The second-order valence-corrected chi connectivity index (χ2v) is 8.45. The fourth-order valence-electron chi connectivity index (χ4n) is 3.97. The van der Waals surface area contributed by atoms with Crippen molar-refractivity contribution in [3.8, 4) is 0 Å². The molecule has 0 radical (unpaired) electrons. The van der Waals surface area contributed by atoms with Crippen LogP contribution in [-0.2, 0) is 13.0 Å². The van der Waals surface area contributed by atoms with Crippen molar-refractivity contribution in [2.75, 3.05) is 0 Å². The minimum absolute atomic E-state index is 1.08. The number of aryl methyl sites for hydroxylation is 2. The molecule has 0 unspecified atom stereocenters. The molecule has 0 bridgehead atoms. The maximum atomic E-state index is 2.31. The van der Waals surface area contributed by atoms with Crippen molar-refractivity contribution in [1.82, 2.24) is 0 Å². The first-order chi connectivity index (χ1) is 13.4. The topological polar surface area (TPSA) is 3.88 Å². The summed E-state index contributed by atoms with van der Waals surface area (Å²) in [5.41, 5.74) is 1.50. The van der Waals surface area contributed by atoms with Gasteiger partial charge < -0.3 is 0 Å². The Balaban J connectivity index is 1.76. The molecule has 0 saturated carbocycles. The van der Waals surface area contributed by atoms with Crippen molar-refractivity contribution in [2.45, 2.75) is 136 Å². The highest BCUT2D eigenvalue weighted by atomic mass is 14.9. The first-order valence-electron chi connectivity index (χ1n) is 12.3. The van der Waals surface area contributed by atoms with Crippen LogP contribution in [0.15, 0.2) is 24.5 Å². The molecule has 0 N–H and O–H groups in total. The van der Waals surface area contributed by atoms with Gasteiger partial charge in [-0.2, -0.15) is 0 Å². The van der Waals surface area contributed by atoms with E-state index in [-0.39, 0.29) is 0 Å². The minimum atomic E-state index is 1.08. The fourth-order valence-corrected chi connectivity index (χ4v) is 3.97. The lowest BCUT2D eigenvalue weighted by Gasteiger charge is -2.04. The molecule has 0 aliphatic rings. The maximum Gasteiger partial charge on any atom is 0.171 e. The van der Waals surface area contributed by atoms with E-state index in [1.54, 1.807) is 0 Å². The van der Waals surface area contributed by atoms with E-state index in [1.165, 1.54) is 121 Å². The second-order valence-electron chi connectivity index (χ2n) is 8.45. The zero-order chi connectivity index (χ0) is 19.4. The molecule has 0 amide bonds. The number of unbranched alkanes of at least 4 members (excludes halogenated alkanes) is 16. The van der Waals surface area contributed by atoms with E-state index in [4.69, 9.17) is 0 Å². The van der Waals surface area contributed by atoms with Gasteiger partial charge in [0, 0.05) is 11.6 Å². The molecule has 0 saturated heterocycles. The third kappa shape index (κ3) is 14.8. The Labute approximate surface area is 171 Å². The van der Waals surface area contributed by atoms with Crippen molar-refractivity contribution in [3.63, 3.8) is 0 Å². The molecule has 0 atom stereocenters. The van der Waals surface area contributed by atoms with Crippen LogP contribution in [-0.4, -0.2) is 0 Å². The van der Waals surface area contributed by atoms with Gasteiger partial charge in [-0.25, -0.2) is 4.57 Å². The molecule has 0 fully saturated rings. The van der Waals surface area contributed by atoms with Gasteiger partial charge in [0.25, 0.3) is 0 Å². The summed E-state index contributed by atoms with van der Waals surface area (Å²) in [6.45, 7) is 5.58. The third-order valence-corrected chi connectivity index (χ3v) is 5.85. The minimum Gasteiger partial charge on any atom is -0.205 e. The average molecular weight is 375 g/mol. The third-order valence-electron chi connectivity index (χ3n) is 5.85. The highest BCUT2D eigenvalue weighted by Gasteiger charge is 2.00.